The lowest BCUT2D eigenvalue weighted by molar-refractivity contribution is 0.0930. The third-order valence-electron chi connectivity index (χ3n) is 7.03. The zero-order valence-corrected chi connectivity index (χ0v) is 21.9. The van der Waals surface area contributed by atoms with Crippen molar-refractivity contribution in [1.82, 2.24) is 36.4 Å². The molecule has 12 heteroatoms. The summed E-state index contributed by atoms with van der Waals surface area (Å²) in [7, 11) is 0. The lowest BCUT2D eigenvalue weighted by Crippen LogP contribution is -2.45. The molecule has 2 fully saturated rings. The van der Waals surface area contributed by atoms with Crippen LogP contribution in [0.3, 0.4) is 0 Å². The van der Waals surface area contributed by atoms with Crippen molar-refractivity contribution in [2.45, 2.75) is 56.8 Å². The summed E-state index contributed by atoms with van der Waals surface area (Å²) in [6, 6.07) is 4.48. The molecule has 1 aliphatic carbocycles. The van der Waals surface area contributed by atoms with Crippen LogP contribution in [0.4, 0.5) is 15.9 Å². The molecule has 2 aromatic rings. The number of carbonyl (C=O) groups excluding carboxylic acids is 1. The van der Waals surface area contributed by atoms with Gasteiger partial charge in [0.1, 0.15) is 17.8 Å². The minimum atomic E-state index is -0.815. The van der Waals surface area contributed by atoms with Crippen molar-refractivity contribution < 1.29 is 14.3 Å². The minimum Gasteiger partial charge on any atom is -0.383 e. The molecule has 3 heterocycles. The van der Waals surface area contributed by atoms with Gasteiger partial charge in [-0.1, -0.05) is 18.7 Å². The number of aliphatic hydroxyl groups is 1. The Labute approximate surface area is 226 Å². The molecule has 2 saturated heterocycles. The smallest absolute Gasteiger partial charge is 0.251 e. The van der Waals surface area contributed by atoms with Gasteiger partial charge in [-0.3, -0.25) is 15.4 Å². The number of aromatic nitrogens is 2. The van der Waals surface area contributed by atoms with E-state index in [-0.39, 0.29) is 41.4 Å². The van der Waals surface area contributed by atoms with E-state index in [1.807, 2.05) is 25.2 Å². The van der Waals surface area contributed by atoms with Crippen molar-refractivity contribution in [3.63, 3.8) is 0 Å². The Kier molecular flexibility index (Phi) is 7.98. The quantitative estimate of drug-likeness (QED) is 0.210. The van der Waals surface area contributed by atoms with E-state index in [1.165, 1.54) is 6.07 Å². The topological polar surface area (TPSA) is 153 Å². The average molecular weight is 538 g/mol. The van der Waals surface area contributed by atoms with E-state index < -0.39 is 12.2 Å². The fraction of sp³-hybridized carbons (Fsp3) is 0.407. The van der Waals surface area contributed by atoms with E-state index in [9.17, 15) is 14.3 Å². The number of nitrogens with zero attached hydrogens (tertiary/aromatic N) is 2. The number of hydrogen-bond donors (Lipinski definition) is 8. The van der Waals surface area contributed by atoms with Crippen LogP contribution in [-0.2, 0) is 0 Å². The van der Waals surface area contributed by atoms with Gasteiger partial charge in [-0.15, -0.1) is 0 Å². The summed E-state index contributed by atoms with van der Waals surface area (Å²) in [5, 5.41) is 32.9. The Morgan fingerprint density at radius 2 is 2.23 bits per heavy atom. The number of hydrogen-bond acceptors (Lipinski definition) is 9. The first-order valence-corrected chi connectivity index (χ1v) is 13.2. The Balaban J connectivity index is 1.24. The second kappa shape index (κ2) is 11.6. The van der Waals surface area contributed by atoms with Gasteiger partial charge in [0.2, 0.25) is 0 Å². The van der Waals surface area contributed by atoms with Crippen LogP contribution in [0.15, 0.2) is 54.5 Å². The molecule has 9 N–H and O–H groups in total. The fourth-order valence-electron chi connectivity index (χ4n) is 4.81. The monoisotopic (exact) mass is 537 g/mol. The molecule has 5 rings (SSSR count). The summed E-state index contributed by atoms with van der Waals surface area (Å²) < 4.78 is 16.6. The number of nitrogens with one attached hydrogen (secondary N) is 6. The fourth-order valence-corrected chi connectivity index (χ4v) is 4.81. The molecular weight excluding hydrogens is 501 g/mol. The Morgan fingerprint density at radius 3 is 2.90 bits per heavy atom. The van der Waals surface area contributed by atoms with Crippen molar-refractivity contribution >= 4 is 23.5 Å². The van der Waals surface area contributed by atoms with Gasteiger partial charge in [0.15, 0.2) is 6.35 Å². The summed E-state index contributed by atoms with van der Waals surface area (Å²) in [6.07, 6.45) is 8.64. The standard InChI is InChI=1S/C27H36FN9O2/c1-15(32-22-8-5-17(11-21(22)28)26(38)35-20-4-3-9-30-14-20)10-24(34-19-6-7-19)37-25(29)18(13-31-37)12-23-16(2)33-27(39)36-23/h5-8,11-13,16,19-20,24,27,30,32-34,36,39H,1,3-4,9-10,14,29H2,2H3,(H,35,38)/b23-12-. The van der Waals surface area contributed by atoms with E-state index in [0.29, 0.717) is 23.5 Å². The number of aliphatic hydroxyl groups excluding tert-OH is 1. The average Bonchev–Trinajstić information content (AvgIpc) is 3.57. The Morgan fingerprint density at radius 1 is 1.41 bits per heavy atom. The third-order valence-corrected chi connectivity index (χ3v) is 7.03. The molecule has 3 aliphatic rings. The van der Waals surface area contributed by atoms with Crippen molar-refractivity contribution in [2.24, 2.45) is 0 Å². The largest absolute Gasteiger partial charge is 0.383 e. The number of piperidine rings is 1. The number of rotatable bonds is 10. The van der Waals surface area contributed by atoms with E-state index in [1.54, 1.807) is 23.0 Å². The highest BCUT2D eigenvalue weighted by molar-refractivity contribution is 5.94. The Hall–Kier alpha value is -3.71. The van der Waals surface area contributed by atoms with E-state index in [0.717, 1.165) is 31.6 Å². The molecule has 1 aromatic heterocycles. The van der Waals surface area contributed by atoms with Crippen LogP contribution < -0.4 is 37.6 Å². The van der Waals surface area contributed by atoms with Gasteiger partial charge in [-0.25, -0.2) is 9.07 Å². The number of amides is 1. The molecule has 1 amide bonds. The number of carbonyl (C=O) groups is 1. The molecule has 39 heavy (non-hydrogen) atoms. The highest BCUT2D eigenvalue weighted by Gasteiger charge is 2.25. The molecule has 2 aliphatic heterocycles. The first kappa shape index (κ1) is 26.9. The molecular formula is C27H36FN9O2. The van der Waals surface area contributed by atoms with Gasteiger partial charge in [-0.05, 0) is 50.6 Å². The number of nitrogens with two attached hydrogens (primary N) is 1. The van der Waals surface area contributed by atoms with Gasteiger partial charge < -0.3 is 32.1 Å². The molecule has 4 atom stereocenters. The molecule has 1 aromatic carbocycles. The molecule has 11 nitrogen and oxygen atoms in total. The highest BCUT2D eigenvalue weighted by Crippen LogP contribution is 2.26. The van der Waals surface area contributed by atoms with Crippen LogP contribution >= 0.6 is 0 Å². The SMILES string of the molecule is C=C(CC(NC1C=C1)n1ncc(/C=C2\NC(O)NC2C)c1N)Nc1ccc(C(=O)NC2CCCNC2)cc1F. The summed E-state index contributed by atoms with van der Waals surface area (Å²) >= 11 is 0. The van der Waals surface area contributed by atoms with Crippen LogP contribution in [0, 0.1) is 5.82 Å². The second-order valence-electron chi connectivity index (χ2n) is 10.2. The normalized spacial score (nSPS) is 24.4. The van der Waals surface area contributed by atoms with Crippen LogP contribution in [0.25, 0.3) is 6.08 Å². The number of halogens is 1. The zero-order chi connectivity index (χ0) is 27.5. The molecule has 0 spiro atoms. The van der Waals surface area contributed by atoms with Crippen molar-refractivity contribution in [3.8, 4) is 0 Å². The van der Waals surface area contributed by atoms with Crippen molar-refractivity contribution in [1.29, 1.82) is 0 Å². The lowest BCUT2D eigenvalue weighted by Gasteiger charge is -2.24. The van der Waals surface area contributed by atoms with Crippen LogP contribution in [0.1, 0.15) is 48.3 Å². The minimum absolute atomic E-state index is 0.0461. The second-order valence-corrected chi connectivity index (χ2v) is 10.2. The maximum absolute atomic E-state index is 15.0. The zero-order valence-electron chi connectivity index (χ0n) is 21.9. The predicted octanol–water partition coefficient (Wildman–Crippen LogP) is 1.33. The van der Waals surface area contributed by atoms with Gasteiger partial charge in [0.25, 0.3) is 5.91 Å². The van der Waals surface area contributed by atoms with Gasteiger partial charge in [-0.2, -0.15) is 5.10 Å². The van der Waals surface area contributed by atoms with E-state index >= 15 is 0 Å². The van der Waals surface area contributed by atoms with Gasteiger partial charge in [0, 0.05) is 53.6 Å². The number of anilines is 2. The van der Waals surface area contributed by atoms with E-state index in [4.69, 9.17) is 5.73 Å². The van der Waals surface area contributed by atoms with Crippen LogP contribution in [0.5, 0.6) is 0 Å². The van der Waals surface area contributed by atoms with Crippen molar-refractivity contribution in [3.05, 3.63) is 71.5 Å². The van der Waals surface area contributed by atoms with Crippen LogP contribution in [-0.4, -0.2) is 58.4 Å². The molecule has 4 unspecified atom stereocenters. The summed E-state index contributed by atoms with van der Waals surface area (Å²) in [5.74, 6) is -0.388. The first-order chi connectivity index (χ1) is 18.8. The summed E-state index contributed by atoms with van der Waals surface area (Å²) in [5.41, 5.74) is 9.01. The van der Waals surface area contributed by atoms with Crippen molar-refractivity contribution in [2.75, 3.05) is 24.1 Å². The molecule has 208 valence electrons. The molecule has 0 bridgehead atoms. The van der Waals surface area contributed by atoms with Gasteiger partial charge in [0.05, 0.1) is 11.9 Å². The number of benzene rings is 1. The van der Waals surface area contributed by atoms with Crippen LogP contribution in [0.2, 0.25) is 0 Å². The molecule has 0 saturated carbocycles. The van der Waals surface area contributed by atoms with Gasteiger partial charge >= 0.3 is 0 Å². The number of nitrogen functional groups attached to an aromatic ring is 1. The maximum Gasteiger partial charge on any atom is 0.251 e. The summed E-state index contributed by atoms with van der Waals surface area (Å²) in [4.78, 5) is 12.6. The Bertz CT molecular complexity index is 1280. The molecule has 0 radical (unpaired) electrons. The summed E-state index contributed by atoms with van der Waals surface area (Å²) in [6.45, 7) is 7.69. The lowest BCUT2D eigenvalue weighted by atomic mass is 10.1. The highest BCUT2D eigenvalue weighted by atomic mass is 19.1. The maximum atomic E-state index is 15.0. The first-order valence-electron chi connectivity index (χ1n) is 13.2. The predicted molar refractivity (Wildman–Crippen MR) is 149 cm³/mol. The van der Waals surface area contributed by atoms with E-state index in [2.05, 4.69) is 43.6 Å². The third kappa shape index (κ3) is 6.66.